The average molecular weight is 460 g/mol. The molecule has 1 aromatic heterocycles. The Hall–Kier alpha value is -3.46. The molecule has 33 heavy (non-hydrogen) atoms. The van der Waals surface area contributed by atoms with Crippen LogP contribution in [0.3, 0.4) is 0 Å². The molecule has 0 saturated carbocycles. The summed E-state index contributed by atoms with van der Waals surface area (Å²) in [6.07, 6.45) is 12.0. The Bertz CT molecular complexity index is 833. The van der Waals surface area contributed by atoms with E-state index in [2.05, 4.69) is 40.0 Å². The lowest BCUT2D eigenvalue weighted by Crippen LogP contribution is -2.41. The summed E-state index contributed by atoms with van der Waals surface area (Å²) in [5.74, 6) is 6.34. The van der Waals surface area contributed by atoms with Crippen LogP contribution >= 0.6 is 0 Å². The highest BCUT2D eigenvalue weighted by Crippen LogP contribution is 2.18. The molecule has 0 saturated heterocycles. The van der Waals surface area contributed by atoms with Crippen LogP contribution in [0.15, 0.2) is 6.20 Å². The fourth-order valence-corrected chi connectivity index (χ4v) is 2.41. The number of nitrogens with one attached hydrogen (secondary N) is 1. The molecule has 0 unspecified atom stereocenters. The Balaban J connectivity index is 0.00000497. The molecule has 0 aromatic carbocycles. The number of rotatable bonds is 9. The number of ether oxygens (including phenoxy) is 2. The van der Waals surface area contributed by atoms with Crippen LogP contribution in [0.1, 0.15) is 65.9 Å². The number of nitrogens with zero attached hydrogens (tertiary/aromatic N) is 3. The van der Waals surface area contributed by atoms with Crippen LogP contribution in [0.4, 0.5) is 10.7 Å². The molecule has 1 rings (SSSR count). The molecule has 0 spiro atoms. The number of hydrogen-bond acceptors (Lipinski definition) is 7. The fourth-order valence-electron chi connectivity index (χ4n) is 2.41. The number of likely N-dealkylation sites (N-methyl/N-ethyl adjacent to an activating group) is 1. The average Bonchev–Trinajstić information content (AvgIpc) is 2.75. The van der Waals surface area contributed by atoms with Crippen molar-refractivity contribution >= 4 is 17.9 Å². The maximum Gasteiger partial charge on any atom is 0.410 e. The molecule has 2 amide bonds. The topological polar surface area (TPSA) is 120 Å². The standard InChI is InChI=1S/C22H35N5O4.C2H2/c1-7-17(8-2)30-19-16(14-25-20(23)26-19)12-10-9-11-13-24-18(28)15-27(6)21(29)31-22(3,4)5;1-2/h14,17H,7-9,11,13,15H2,1-6H3,(H,24,28)(H2,23,25,26);1-2H. The smallest absolute Gasteiger partial charge is 0.410 e. The van der Waals surface area contributed by atoms with Gasteiger partial charge in [0.05, 0.1) is 12.3 Å². The second-order valence-electron chi connectivity index (χ2n) is 8.10. The summed E-state index contributed by atoms with van der Waals surface area (Å²) in [5.41, 5.74) is 5.65. The van der Waals surface area contributed by atoms with Gasteiger partial charge in [0.1, 0.15) is 17.7 Å². The third kappa shape index (κ3) is 12.9. The van der Waals surface area contributed by atoms with Gasteiger partial charge in [-0.2, -0.15) is 4.98 Å². The van der Waals surface area contributed by atoms with Crippen LogP contribution in [0.5, 0.6) is 5.88 Å². The van der Waals surface area contributed by atoms with Crippen molar-refractivity contribution in [2.75, 3.05) is 25.9 Å². The number of amides is 2. The molecule has 1 aromatic rings. The minimum Gasteiger partial charge on any atom is -0.473 e. The van der Waals surface area contributed by atoms with E-state index in [4.69, 9.17) is 15.2 Å². The van der Waals surface area contributed by atoms with Gasteiger partial charge < -0.3 is 25.4 Å². The highest BCUT2D eigenvalue weighted by molar-refractivity contribution is 5.82. The monoisotopic (exact) mass is 459 g/mol. The molecule has 9 heteroatoms. The van der Waals surface area contributed by atoms with E-state index in [-0.39, 0.29) is 24.5 Å². The largest absolute Gasteiger partial charge is 0.473 e. The molecule has 3 N–H and O–H groups in total. The minimum atomic E-state index is -0.602. The van der Waals surface area contributed by atoms with Crippen LogP contribution in [-0.4, -0.2) is 58.7 Å². The van der Waals surface area contributed by atoms with Gasteiger partial charge in [-0.1, -0.05) is 25.7 Å². The van der Waals surface area contributed by atoms with Crippen molar-refractivity contribution in [2.24, 2.45) is 0 Å². The lowest BCUT2D eigenvalue weighted by molar-refractivity contribution is -0.122. The first-order valence-corrected chi connectivity index (χ1v) is 10.9. The maximum atomic E-state index is 12.0. The first kappa shape index (κ1) is 29.5. The lowest BCUT2D eigenvalue weighted by atomic mass is 10.2. The van der Waals surface area contributed by atoms with Crippen molar-refractivity contribution < 1.29 is 19.1 Å². The Morgan fingerprint density at radius 1 is 1.27 bits per heavy atom. The molecule has 0 aliphatic heterocycles. The summed E-state index contributed by atoms with van der Waals surface area (Å²) in [6, 6.07) is 0. The molecule has 1 heterocycles. The van der Waals surface area contributed by atoms with E-state index in [9.17, 15) is 9.59 Å². The molecule has 0 aliphatic rings. The Morgan fingerprint density at radius 3 is 2.48 bits per heavy atom. The first-order chi connectivity index (χ1) is 15.6. The summed E-state index contributed by atoms with van der Waals surface area (Å²) < 4.78 is 11.1. The number of nitrogens with two attached hydrogens (primary N) is 1. The molecular formula is C24H37N5O4. The van der Waals surface area contributed by atoms with E-state index < -0.39 is 11.7 Å². The third-order valence-electron chi connectivity index (χ3n) is 4.07. The van der Waals surface area contributed by atoms with Crippen molar-refractivity contribution in [1.29, 1.82) is 0 Å². The van der Waals surface area contributed by atoms with Gasteiger partial charge in [-0.3, -0.25) is 4.79 Å². The van der Waals surface area contributed by atoms with Gasteiger partial charge in [-0.15, -0.1) is 12.8 Å². The van der Waals surface area contributed by atoms with Crippen molar-refractivity contribution in [2.45, 2.75) is 72.0 Å². The predicted octanol–water partition coefficient (Wildman–Crippen LogP) is 2.99. The van der Waals surface area contributed by atoms with Crippen LogP contribution in [0.2, 0.25) is 0 Å². The van der Waals surface area contributed by atoms with Crippen molar-refractivity contribution in [3.63, 3.8) is 0 Å². The zero-order valence-electron chi connectivity index (χ0n) is 20.6. The normalized spacial score (nSPS) is 10.2. The number of carbonyl (C=O) groups is 2. The van der Waals surface area contributed by atoms with Crippen LogP contribution < -0.4 is 15.8 Å². The number of anilines is 1. The van der Waals surface area contributed by atoms with Crippen molar-refractivity contribution in [3.8, 4) is 30.6 Å². The number of carbonyl (C=O) groups excluding carboxylic acids is 2. The molecule has 182 valence electrons. The van der Waals surface area contributed by atoms with Crippen LogP contribution in [0, 0.1) is 24.7 Å². The number of aromatic nitrogens is 2. The molecular weight excluding hydrogens is 422 g/mol. The maximum absolute atomic E-state index is 12.0. The second kappa shape index (κ2) is 15.4. The molecule has 0 atom stereocenters. The van der Waals surface area contributed by atoms with Gasteiger partial charge in [0.25, 0.3) is 0 Å². The van der Waals surface area contributed by atoms with E-state index in [0.717, 1.165) is 12.8 Å². The van der Waals surface area contributed by atoms with Crippen molar-refractivity contribution in [1.82, 2.24) is 20.2 Å². The Kier molecular flexibility index (Phi) is 13.7. The molecule has 9 nitrogen and oxygen atoms in total. The predicted molar refractivity (Wildman–Crippen MR) is 129 cm³/mol. The van der Waals surface area contributed by atoms with Gasteiger partial charge in [0, 0.05) is 20.0 Å². The van der Waals surface area contributed by atoms with E-state index >= 15 is 0 Å². The Labute approximate surface area is 197 Å². The van der Waals surface area contributed by atoms with Gasteiger partial charge >= 0.3 is 6.09 Å². The van der Waals surface area contributed by atoms with Crippen LogP contribution in [0.25, 0.3) is 0 Å². The highest BCUT2D eigenvalue weighted by Gasteiger charge is 2.20. The zero-order valence-corrected chi connectivity index (χ0v) is 20.6. The minimum absolute atomic E-state index is 0.0453. The summed E-state index contributed by atoms with van der Waals surface area (Å²) in [6.45, 7) is 9.80. The molecule has 0 aliphatic carbocycles. The van der Waals surface area contributed by atoms with Gasteiger partial charge in [0.2, 0.25) is 17.7 Å². The van der Waals surface area contributed by atoms with Gasteiger partial charge in [-0.25, -0.2) is 9.78 Å². The SMILES string of the molecule is C#C.CCC(CC)Oc1nc(N)ncc1C#CCCCNC(=O)CN(C)C(=O)OC(C)(C)C. The fraction of sp³-hybridized carbons (Fsp3) is 0.583. The lowest BCUT2D eigenvalue weighted by Gasteiger charge is -2.24. The van der Waals surface area contributed by atoms with Gasteiger partial charge in [0.15, 0.2) is 0 Å². The molecule has 0 bridgehead atoms. The number of nitrogen functional groups attached to an aromatic ring is 1. The van der Waals surface area contributed by atoms with E-state index in [1.165, 1.54) is 11.9 Å². The van der Waals surface area contributed by atoms with Crippen LogP contribution in [-0.2, 0) is 9.53 Å². The van der Waals surface area contributed by atoms with Crippen molar-refractivity contribution in [3.05, 3.63) is 11.8 Å². The Morgan fingerprint density at radius 2 is 1.91 bits per heavy atom. The molecule has 0 fully saturated rings. The highest BCUT2D eigenvalue weighted by atomic mass is 16.6. The van der Waals surface area contributed by atoms with E-state index in [1.807, 2.05) is 13.8 Å². The zero-order chi connectivity index (χ0) is 25.4. The summed E-state index contributed by atoms with van der Waals surface area (Å²) in [4.78, 5) is 33.2. The summed E-state index contributed by atoms with van der Waals surface area (Å²) in [5, 5.41) is 2.77. The number of unbranched alkanes of at least 4 members (excludes halogenated alkanes) is 1. The quantitative estimate of drug-likeness (QED) is 0.430. The second-order valence-corrected chi connectivity index (χ2v) is 8.10. The number of hydrogen-bond donors (Lipinski definition) is 2. The van der Waals surface area contributed by atoms with Gasteiger partial charge in [-0.05, 0) is 40.0 Å². The van der Waals surface area contributed by atoms with E-state index in [0.29, 0.717) is 30.8 Å². The summed E-state index contributed by atoms with van der Waals surface area (Å²) in [7, 11) is 1.52. The molecule has 0 radical (unpaired) electrons. The number of terminal acetylenes is 1. The third-order valence-corrected chi connectivity index (χ3v) is 4.07. The first-order valence-electron chi connectivity index (χ1n) is 10.9. The summed E-state index contributed by atoms with van der Waals surface area (Å²) >= 11 is 0. The van der Waals surface area contributed by atoms with E-state index in [1.54, 1.807) is 27.0 Å².